The number of hydrogen-bond acceptors (Lipinski definition) is 5. The molecule has 0 aromatic carbocycles. The summed E-state index contributed by atoms with van der Waals surface area (Å²) in [5, 5.41) is 16.6. The molecule has 0 unspecified atom stereocenters. The Labute approximate surface area is 119 Å². The third kappa shape index (κ3) is 5.64. The minimum atomic E-state index is 0.124. The fourth-order valence-electron chi connectivity index (χ4n) is 2.49. The Kier molecular flexibility index (Phi) is 6.43. The average molecular weight is 280 g/mol. The average Bonchev–Trinajstić information content (AvgIpc) is 2.91. The van der Waals surface area contributed by atoms with E-state index in [0.717, 1.165) is 25.9 Å². The lowest BCUT2D eigenvalue weighted by molar-refractivity contribution is -0.122. The van der Waals surface area contributed by atoms with Gasteiger partial charge in [0.05, 0.1) is 6.54 Å². The van der Waals surface area contributed by atoms with Gasteiger partial charge < -0.3 is 5.32 Å². The van der Waals surface area contributed by atoms with Crippen LogP contribution in [-0.2, 0) is 11.2 Å². The van der Waals surface area contributed by atoms with E-state index in [1.165, 1.54) is 32.1 Å². The molecule has 7 nitrogen and oxygen atoms in total. The van der Waals surface area contributed by atoms with Crippen LogP contribution in [0.2, 0.25) is 0 Å². The zero-order valence-electron chi connectivity index (χ0n) is 12.0. The molecule has 2 N–H and O–H groups in total. The first-order valence-electron chi connectivity index (χ1n) is 7.56. The highest BCUT2D eigenvalue weighted by Crippen LogP contribution is 2.09. The lowest BCUT2D eigenvalue weighted by Crippen LogP contribution is -2.39. The molecule has 7 heteroatoms. The molecule has 0 radical (unpaired) electrons. The Morgan fingerprint density at radius 3 is 2.65 bits per heavy atom. The maximum Gasteiger partial charge on any atom is 0.234 e. The molecule has 1 aromatic rings. The summed E-state index contributed by atoms with van der Waals surface area (Å²) in [4.78, 5) is 14.1. The Balaban J connectivity index is 1.57. The number of carbonyl (C=O) groups excluding carboxylic acids is 1. The van der Waals surface area contributed by atoms with Gasteiger partial charge in [-0.3, -0.25) is 9.69 Å². The van der Waals surface area contributed by atoms with Crippen LogP contribution in [0, 0.1) is 0 Å². The molecule has 1 aliphatic heterocycles. The minimum absolute atomic E-state index is 0.124. The van der Waals surface area contributed by atoms with Crippen molar-refractivity contribution in [2.45, 2.75) is 44.9 Å². The normalized spacial score (nSPS) is 17.4. The van der Waals surface area contributed by atoms with Crippen molar-refractivity contribution in [1.29, 1.82) is 0 Å². The zero-order valence-corrected chi connectivity index (χ0v) is 12.0. The Morgan fingerprint density at radius 2 is 1.95 bits per heavy atom. The summed E-state index contributed by atoms with van der Waals surface area (Å²) in [5.74, 6) is 0.821. The molecular formula is C13H24N6O. The van der Waals surface area contributed by atoms with Gasteiger partial charge in [-0.1, -0.05) is 24.5 Å². The Morgan fingerprint density at radius 1 is 1.20 bits per heavy atom. The van der Waals surface area contributed by atoms with E-state index in [4.69, 9.17) is 0 Å². The molecule has 20 heavy (non-hydrogen) atoms. The number of hydrogen-bond donors (Lipinski definition) is 2. The third-order valence-corrected chi connectivity index (χ3v) is 3.60. The predicted octanol–water partition coefficient (Wildman–Crippen LogP) is 0.515. The maximum atomic E-state index is 11.9. The summed E-state index contributed by atoms with van der Waals surface area (Å²) in [5.41, 5.74) is 0. The van der Waals surface area contributed by atoms with Crippen LogP contribution in [0.15, 0.2) is 0 Å². The van der Waals surface area contributed by atoms with Crippen molar-refractivity contribution in [2.24, 2.45) is 0 Å². The van der Waals surface area contributed by atoms with Crippen LogP contribution in [0.5, 0.6) is 0 Å². The molecule has 2 rings (SSSR count). The fraction of sp³-hybridized carbons (Fsp3) is 0.846. The summed E-state index contributed by atoms with van der Waals surface area (Å²) < 4.78 is 0. The van der Waals surface area contributed by atoms with Crippen LogP contribution in [-0.4, -0.2) is 57.6 Å². The van der Waals surface area contributed by atoms with Crippen molar-refractivity contribution in [3.05, 3.63) is 5.82 Å². The van der Waals surface area contributed by atoms with Crippen LogP contribution in [0.4, 0.5) is 0 Å². The van der Waals surface area contributed by atoms with Gasteiger partial charge in [0.2, 0.25) is 5.91 Å². The van der Waals surface area contributed by atoms with Crippen molar-refractivity contribution in [2.75, 3.05) is 26.2 Å². The zero-order chi connectivity index (χ0) is 14.0. The van der Waals surface area contributed by atoms with Gasteiger partial charge in [-0.15, -0.1) is 10.2 Å². The van der Waals surface area contributed by atoms with Gasteiger partial charge in [-0.25, -0.2) is 0 Å². The second kappa shape index (κ2) is 8.63. The van der Waals surface area contributed by atoms with E-state index < -0.39 is 0 Å². The molecule has 1 saturated heterocycles. The number of tetrazole rings is 1. The van der Waals surface area contributed by atoms with Crippen LogP contribution < -0.4 is 5.32 Å². The highest BCUT2D eigenvalue weighted by molar-refractivity contribution is 5.77. The second-order valence-corrected chi connectivity index (χ2v) is 5.33. The molecule has 0 spiro atoms. The number of aryl methyl sites for hydroxylation is 1. The summed E-state index contributed by atoms with van der Waals surface area (Å²) in [7, 11) is 0. The monoisotopic (exact) mass is 280 g/mol. The lowest BCUT2D eigenvalue weighted by Gasteiger charge is -2.23. The van der Waals surface area contributed by atoms with Crippen LogP contribution >= 0.6 is 0 Å². The minimum Gasteiger partial charge on any atom is -0.355 e. The van der Waals surface area contributed by atoms with E-state index in [-0.39, 0.29) is 5.91 Å². The molecule has 0 aliphatic carbocycles. The van der Waals surface area contributed by atoms with Crippen molar-refractivity contribution < 1.29 is 4.79 Å². The van der Waals surface area contributed by atoms with Gasteiger partial charge in [0.15, 0.2) is 5.82 Å². The molecule has 0 saturated carbocycles. The van der Waals surface area contributed by atoms with Gasteiger partial charge in [0.1, 0.15) is 0 Å². The molecule has 0 atom stereocenters. The number of carbonyl (C=O) groups is 1. The predicted molar refractivity (Wildman–Crippen MR) is 75.0 cm³/mol. The molecular weight excluding hydrogens is 256 g/mol. The molecule has 2 heterocycles. The van der Waals surface area contributed by atoms with E-state index in [9.17, 15) is 4.79 Å². The number of likely N-dealkylation sites (tertiary alicyclic amines) is 1. The third-order valence-electron chi connectivity index (χ3n) is 3.60. The van der Waals surface area contributed by atoms with Crippen LogP contribution in [0.1, 0.15) is 44.3 Å². The summed E-state index contributed by atoms with van der Waals surface area (Å²) in [6.07, 6.45) is 7.93. The van der Waals surface area contributed by atoms with E-state index >= 15 is 0 Å². The van der Waals surface area contributed by atoms with Gasteiger partial charge in [0, 0.05) is 13.0 Å². The first-order valence-corrected chi connectivity index (χ1v) is 7.56. The standard InChI is InChI=1S/C13H24N6O/c20-13(11-19-9-4-2-1-3-5-10-19)14-8-6-7-12-15-17-18-16-12/h1-11H2,(H,14,20)(H,15,16,17,18). The number of H-pyrrole nitrogens is 1. The first kappa shape index (κ1) is 14.9. The van der Waals surface area contributed by atoms with Crippen molar-refractivity contribution >= 4 is 5.91 Å². The molecule has 1 aromatic heterocycles. The number of aromatic nitrogens is 4. The summed E-state index contributed by atoms with van der Waals surface area (Å²) in [6, 6.07) is 0. The lowest BCUT2D eigenvalue weighted by atomic mass is 10.1. The van der Waals surface area contributed by atoms with Gasteiger partial charge in [0.25, 0.3) is 0 Å². The smallest absolute Gasteiger partial charge is 0.234 e. The van der Waals surface area contributed by atoms with E-state index in [1.54, 1.807) is 0 Å². The molecule has 112 valence electrons. The summed E-state index contributed by atoms with van der Waals surface area (Å²) in [6.45, 7) is 3.30. The van der Waals surface area contributed by atoms with Crippen molar-refractivity contribution in [3.63, 3.8) is 0 Å². The Bertz CT molecular complexity index is 372. The molecule has 1 amide bonds. The largest absolute Gasteiger partial charge is 0.355 e. The van der Waals surface area contributed by atoms with Crippen LogP contribution in [0.25, 0.3) is 0 Å². The number of rotatable bonds is 6. The highest BCUT2D eigenvalue weighted by Gasteiger charge is 2.11. The quantitative estimate of drug-likeness (QED) is 0.742. The Hall–Kier alpha value is -1.50. The number of nitrogens with zero attached hydrogens (tertiary/aromatic N) is 4. The van der Waals surface area contributed by atoms with Gasteiger partial charge >= 0.3 is 0 Å². The second-order valence-electron chi connectivity index (χ2n) is 5.33. The van der Waals surface area contributed by atoms with E-state index in [1.807, 2.05) is 0 Å². The van der Waals surface area contributed by atoms with Gasteiger partial charge in [-0.05, 0) is 32.4 Å². The van der Waals surface area contributed by atoms with E-state index in [0.29, 0.717) is 18.9 Å². The number of aromatic amines is 1. The summed E-state index contributed by atoms with van der Waals surface area (Å²) >= 11 is 0. The highest BCUT2D eigenvalue weighted by atomic mass is 16.2. The maximum absolute atomic E-state index is 11.9. The van der Waals surface area contributed by atoms with E-state index in [2.05, 4.69) is 30.8 Å². The SMILES string of the molecule is O=C(CN1CCCCCCC1)NCCCc1nn[nH]n1. The molecule has 1 aliphatic rings. The van der Waals surface area contributed by atoms with Gasteiger partial charge in [-0.2, -0.15) is 5.21 Å². The number of nitrogens with one attached hydrogen (secondary N) is 2. The number of amides is 1. The van der Waals surface area contributed by atoms with Crippen molar-refractivity contribution in [1.82, 2.24) is 30.8 Å². The topological polar surface area (TPSA) is 86.8 Å². The molecule has 1 fully saturated rings. The first-order chi connectivity index (χ1) is 9.84. The van der Waals surface area contributed by atoms with Crippen LogP contribution in [0.3, 0.4) is 0 Å². The van der Waals surface area contributed by atoms with Crippen molar-refractivity contribution in [3.8, 4) is 0 Å². The fourth-order valence-corrected chi connectivity index (χ4v) is 2.49. The molecule has 0 bridgehead atoms.